The van der Waals surface area contributed by atoms with Crippen molar-refractivity contribution in [1.82, 2.24) is 14.9 Å². The third-order valence-corrected chi connectivity index (χ3v) is 3.85. The van der Waals surface area contributed by atoms with Gasteiger partial charge < -0.3 is 14.6 Å². The van der Waals surface area contributed by atoms with Crippen LogP contribution >= 0.6 is 0 Å². The van der Waals surface area contributed by atoms with E-state index in [9.17, 15) is 4.79 Å². The van der Waals surface area contributed by atoms with Gasteiger partial charge >= 0.3 is 0 Å². The molecule has 5 nitrogen and oxygen atoms in total. The molecule has 1 atom stereocenters. The maximum absolute atomic E-state index is 12.1. The number of hydrogen-bond donors (Lipinski definition) is 1. The predicted molar refractivity (Wildman–Crippen MR) is 93.9 cm³/mol. The van der Waals surface area contributed by atoms with Crippen LogP contribution in [0, 0.1) is 0 Å². The molecular weight excluding hydrogens is 302 g/mol. The van der Waals surface area contributed by atoms with Crippen LogP contribution in [0.2, 0.25) is 0 Å². The molecule has 0 aliphatic rings. The summed E-state index contributed by atoms with van der Waals surface area (Å²) in [6, 6.07) is 13.9. The number of benzene rings is 2. The third kappa shape index (κ3) is 4.13. The number of nitrogens with one attached hydrogen (secondary N) is 1. The lowest BCUT2D eigenvalue weighted by atomic mass is 10.1. The summed E-state index contributed by atoms with van der Waals surface area (Å²) in [5.41, 5.74) is 0. The minimum atomic E-state index is -0.528. The minimum absolute atomic E-state index is 0.103. The van der Waals surface area contributed by atoms with Crippen LogP contribution in [0.25, 0.3) is 10.8 Å². The summed E-state index contributed by atoms with van der Waals surface area (Å²) < 4.78 is 7.75. The van der Waals surface area contributed by atoms with Gasteiger partial charge in [-0.2, -0.15) is 0 Å². The van der Waals surface area contributed by atoms with Crippen LogP contribution in [-0.2, 0) is 11.3 Å². The van der Waals surface area contributed by atoms with E-state index in [4.69, 9.17) is 4.74 Å². The Bertz CT molecular complexity index is 799. The van der Waals surface area contributed by atoms with Crippen LogP contribution in [0.3, 0.4) is 0 Å². The molecule has 0 aliphatic carbocycles. The van der Waals surface area contributed by atoms with Crippen LogP contribution in [0.1, 0.15) is 13.3 Å². The second-order valence-corrected chi connectivity index (χ2v) is 5.71. The van der Waals surface area contributed by atoms with Gasteiger partial charge in [0.1, 0.15) is 5.75 Å². The van der Waals surface area contributed by atoms with Gasteiger partial charge in [-0.15, -0.1) is 0 Å². The molecule has 0 radical (unpaired) electrons. The van der Waals surface area contributed by atoms with E-state index in [1.54, 1.807) is 19.4 Å². The van der Waals surface area contributed by atoms with E-state index in [0.717, 1.165) is 23.7 Å². The van der Waals surface area contributed by atoms with Crippen molar-refractivity contribution in [2.45, 2.75) is 26.0 Å². The van der Waals surface area contributed by atoms with Gasteiger partial charge in [0.05, 0.1) is 6.33 Å². The number of carbonyl (C=O) groups excluding carboxylic acids is 1. The molecule has 5 heteroatoms. The van der Waals surface area contributed by atoms with Crippen LogP contribution < -0.4 is 10.1 Å². The van der Waals surface area contributed by atoms with Crippen molar-refractivity contribution in [2.75, 3.05) is 6.54 Å². The van der Waals surface area contributed by atoms with Gasteiger partial charge in [-0.1, -0.05) is 30.3 Å². The molecule has 1 heterocycles. The van der Waals surface area contributed by atoms with E-state index in [0.29, 0.717) is 12.3 Å². The molecule has 1 amide bonds. The van der Waals surface area contributed by atoms with Gasteiger partial charge in [-0.25, -0.2) is 4.98 Å². The van der Waals surface area contributed by atoms with Crippen molar-refractivity contribution in [3.63, 3.8) is 0 Å². The number of aryl methyl sites for hydroxylation is 1. The highest BCUT2D eigenvalue weighted by Gasteiger charge is 2.14. The lowest BCUT2D eigenvalue weighted by molar-refractivity contribution is -0.127. The summed E-state index contributed by atoms with van der Waals surface area (Å²) in [4.78, 5) is 16.1. The molecule has 0 bridgehead atoms. The van der Waals surface area contributed by atoms with Crippen molar-refractivity contribution in [3.8, 4) is 5.75 Å². The highest BCUT2D eigenvalue weighted by atomic mass is 16.5. The van der Waals surface area contributed by atoms with Gasteiger partial charge in [0.15, 0.2) is 6.10 Å². The van der Waals surface area contributed by atoms with Gasteiger partial charge in [0.25, 0.3) is 5.91 Å². The maximum Gasteiger partial charge on any atom is 0.260 e. The monoisotopic (exact) mass is 323 g/mol. The highest BCUT2D eigenvalue weighted by Crippen LogP contribution is 2.21. The lowest BCUT2D eigenvalue weighted by Gasteiger charge is -2.15. The Morgan fingerprint density at radius 1 is 1.25 bits per heavy atom. The molecule has 124 valence electrons. The zero-order valence-corrected chi connectivity index (χ0v) is 13.7. The highest BCUT2D eigenvalue weighted by molar-refractivity contribution is 5.84. The van der Waals surface area contributed by atoms with E-state index >= 15 is 0 Å². The fourth-order valence-corrected chi connectivity index (χ4v) is 2.53. The molecule has 0 saturated heterocycles. The Morgan fingerprint density at radius 2 is 2.08 bits per heavy atom. The first-order valence-corrected chi connectivity index (χ1v) is 8.11. The molecule has 0 aliphatic heterocycles. The number of aromatic nitrogens is 2. The minimum Gasteiger partial charge on any atom is -0.481 e. The molecule has 1 N–H and O–H groups in total. The van der Waals surface area contributed by atoms with Crippen LogP contribution in [0.5, 0.6) is 5.75 Å². The van der Waals surface area contributed by atoms with E-state index in [-0.39, 0.29) is 5.91 Å². The summed E-state index contributed by atoms with van der Waals surface area (Å²) in [5, 5.41) is 5.16. The number of ether oxygens (including phenoxy) is 1. The fraction of sp³-hybridized carbons (Fsp3) is 0.263. The van der Waals surface area contributed by atoms with Gasteiger partial charge in [-0.3, -0.25) is 4.79 Å². The molecule has 1 aromatic heterocycles. The predicted octanol–water partition coefficient (Wildman–Crippen LogP) is 3.01. The number of hydrogen-bond acceptors (Lipinski definition) is 3. The standard InChI is InChI=1S/C19H21N3O2/c1-15(19(23)21-9-4-11-22-12-10-20-14-22)24-18-8-7-16-5-2-3-6-17(16)13-18/h2-3,5-8,10,12-15H,4,9,11H2,1H3,(H,21,23)/t15-/m0/s1. The van der Waals surface area contributed by atoms with Crippen LogP contribution in [0.15, 0.2) is 61.2 Å². The van der Waals surface area contributed by atoms with E-state index in [1.807, 2.05) is 47.2 Å². The summed E-state index contributed by atoms with van der Waals surface area (Å²) in [7, 11) is 0. The Morgan fingerprint density at radius 3 is 2.88 bits per heavy atom. The molecule has 0 fully saturated rings. The number of rotatable bonds is 7. The topological polar surface area (TPSA) is 56.1 Å². The molecular formula is C19H21N3O2. The quantitative estimate of drug-likeness (QED) is 0.680. The maximum atomic E-state index is 12.1. The van der Waals surface area contributed by atoms with E-state index in [2.05, 4.69) is 16.4 Å². The van der Waals surface area contributed by atoms with Gasteiger partial charge in [0, 0.05) is 25.5 Å². The van der Waals surface area contributed by atoms with Gasteiger partial charge in [0.2, 0.25) is 0 Å². The zero-order chi connectivity index (χ0) is 16.8. The van der Waals surface area contributed by atoms with Crippen molar-refractivity contribution in [1.29, 1.82) is 0 Å². The van der Waals surface area contributed by atoms with Crippen LogP contribution in [0.4, 0.5) is 0 Å². The molecule has 0 unspecified atom stereocenters. The fourth-order valence-electron chi connectivity index (χ4n) is 2.53. The van der Waals surface area contributed by atoms with Crippen molar-refractivity contribution >= 4 is 16.7 Å². The van der Waals surface area contributed by atoms with Gasteiger partial charge in [-0.05, 0) is 36.2 Å². The average molecular weight is 323 g/mol. The Kier molecular flexibility index (Phi) is 5.11. The normalized spacial score (nSPS) is 12.0. The Balaban J connectivity index is 1.47. The third-order valence-electron chi connectivity index (χ3n) is 3.85. The van der Waals surface area contributed by atoms with Crippen molar-refractivity contribution < 1.29 is 9.53 Å². The number of carbonyl (C=O) groups is 1. The summed E-state index contributed by atoms with van der Waals surface area (Å²) in [6.07, 6.45) is 5.75. The molecule has 3 aromatic rings. The lowest BCUT2D eigenvalue weighted by Crippen LogP contribution is -2.37. The first kappa shape index (κ1) is 16.1. The Labute approximate surface area is 141 Å². The summed E-state index contributed by atoms with van der Waals surface area (Å²) in [6.45, 7) is 3.21. The summed E-state index contributed by atoms with van der Waals surface area (Å²) in [5.74, 6) is 0.601. The second-order valence-electron chi connectivity index (χ2n) is 5.71. The average Bonchev–Trinajstić information content (AvgIpc) is 3.12. The number of fused-ring (bicyclic) bond motifs is 1. The van der Waals surface area contributed by atoms with Crippen molar-refractivity contribution in [2.24, 2.45) is 0 Å². The molecule has 0 saturated carbocycles. The number of imidazole rings is 1. The first-order chi connectivity index (χ1) is 11.7. The summed E-state index contributed by atoms with van der Waals surface area (Å²) >= 11 is 0. The molecule has 2 aromatic carbocycles. The van der Waals surface area contributed by atoms with E-state index < -0.39 is 6.10 Å². The smallest absolute Gasteiger partial charge is 0.260 e. The molecule has 0 spiro atoms. The molecule has 24 heavy (non-hydrogen) atoms. The number of amides is 1. The Hall–Kier alpha value is -2.82. The van der Waals surface area contributed by atoms with Crippen LogP contribution in [-0.4, -0.2) is 28.1 Å². The first-order valence-electron chi connectivity index (χ1n) is 8.11. The SMILES string of the molecule is C[C@H](Oc1ccc2ccccc2c1)C(=O)NCCCn1ccnc1. The van der Waals surface area contributed by atoms with E-state index in [1.165, 1.54) is 0 Å². The van der Waals surface area contributed by atoms with Crippen molar-refractivity contribution in [3.05, 3.63) is 61.2 Å². The molecule has 3 rings (SSSR count). The second kappa shape index (κ2) is 7.64. The number of nitrogens with zero attached hydrogens (tertiary/aromatic N) is 2. The zero-order valence-electron chi connectivity index (χ0n) is 13.7. The largest absolute Gasteiger partial charge is 0.481 e.